The SMILES string of the molecule is C=C=CC12CCC(=O)C[C@@H]1CCC1C3CC[C@H](O)C3(C)CCC12. The molecule has 4 fully saturated rings. The Labute approximate surface area is 140 Å². The van der Waals surface area contributed by atoms with Crippen molar-refractivity contribution in [1.82, 2.24) is 0 Å². The molecule has 23 heavy (non-hydrogen) atoms. The number of hydrogen-bond donors (Lipinski definition) is 1. The van der Waals surface area contributed by atoms with Gasteiger partial charge in [-0.2, -0.15) is 0 Å². The Bertz CT molecular complexity index is 560. The number of rotatable bonds is 1. The molecule has 5 unspecified atom stereocenters. The van der Waals surface area contributed by atoms with Gasteiger partial charge in [0.25, 0.3) is 0 Å². The molecule has 0 heterocycles. The summed E-state index contributed by atoms with van der Waals surface area (Å²) in [6.45, 7) is 6.22. The monoisotopic (exact) mass is 314 g/mol. The molecule has 4 aliphatic rings. The van der Waals surface area contributed by atoms with Gasteiger partial charge in [-0.1, -0.05) is 13.5 Å². The highest BCUT2D eigenvalue weighted by atomic mass is 16.3. The molecule has 0 aromatic heterocycles. The molecule has 126 valence electrons. The molecule has 4 rings (SSSR count). The van der Waals surface area contributed by atoms with Crippen LogP contribution in [0.4, 0.5) is 0 Å². The van der Waals surface area contributed by atoms with Crippen LogP contribution < -0.4 is 0 Å². The lowest BCUT2D eigenvalue weighted by atomic mass is 9.44. The van der Waals surface area contributed by atoms with Crippen LogP contribution in [0.1, 0.15) is 64.7 Å². The fraction of sp³-hybridized carbons (Fsp3) is 0.810. The Morgan fingerprint density at radius 3 is 2.78 bits per heavy atom. The number of carbonyl (C=O) groups is 1. The maximum Gasteiger partial charge on any atom is 0.133 e. The fourth-order valence-electron chi connectivity index (χ4n) is 7.20. The highest BCUT2D eigenvalue weighted by Gasteiger charge is 2.60. The second kappa shape index (κ2) is 5.33. The minimum absolute atomic E-state index is 0.106. The van der Waals surface area contributed by atoms with Gasteiger partial charge in [0.1, 0.15) is 5.78 Å². The molecule has 7 atom stereocenters. The van der Waals surface area contributed by atoms with E-state index in [9.17, 15) is 9.90 Å². The summed E-state index contributed by atoms with van der Waals surface area (Å²) in [7, 11) is 0. The van der Waals surface area contributed by atoms with E-state index in [1.54, 1.807) is 0 Å². The smallest absolute Gasteiger partial charge is 0.133 e. The molecule has 2 nitrogen and oxygen atoms in total. The van der Waals surface area contributed by atoms with Crippen LogP contribution in [0.15, 0.2) is 18.4 Å². The summed E-state index contributed by atoms with van der Waals surface area (Å²) in [6.07, 6.45) is 11.6. The summed E-state index contributed by atoms with van der Waals surface area (Å²) < 4.78 is 0. The molecule has 0 saturated heterocycles. The molecule has 0 aromatic rings. The lowest BCUT2D eigenvalue weighted by Gasteiger charge is -2.59. The van der Waals surface area contributed by atoms with E-state index in [0.29, 0.717) is 23.5 Å². The van der Waals surface area contributed by atoms with Crippen molar-refractivity contribution in [3.63, 3.8) is 0 Å². The first-order valence-electron chi connectivity index (χ1n) is 9.58. The van der Waals surface area contributed by atoms with E-state index in [1.807, 2.05) is 0 Å². The standard InChI is InChI=1S/C21H30O2/c1-3-10-21-12-8-15(22)13-14(21)4-5-16-17-6-7-19(23)20(17,2)11-9-18(16)21/h10,14,16-19,23H,1,4-9,11-13H2,2H3/t14-,16?,17?,18?,19-,20?,21?/m0/s1. The number of hydrogen-bond acceptors (Lipinski definition) is 2. The number of fused-ring (bicyclic) bond motifs is 5. The van der Waals surface area contributed by atoms with Crippen LogP contribution >= 0.6 is 0 Å². The summed E-state index contributed by atoms with van der Waals surface area (Å²) in [5.74, 6) is 3.03. The van der Waals surface area contributed by atoms with Crippen molar-refractivity contribution in [3.8, 4) is 0 Å². The van der Waals surface area contributed by atoms with Gasteiger partial charge in [-0.3, -0.25) is 4.79 Å². The van der Waals surface area contributed by atoms with Crippen molar-refractivity contribution in [3.05, 3.63) is 18.4 Å². The Hall–Kier alpha value is -0.850. The van der Waals surface area contributed by atoms with E-state index >= 15 is 0 Å². The summed E-state index contributed by atoms with van der Waals surface area (Å²) in [4.78, 5) is 12.0. The van der Waals surface area contributed by atoms with Gasteiger partial charge in [0.15, 0.2) is 0 Å². The highest BCUT2D eigenvalue weighted by Crippen LogP contribution is 2.66. The van der Waals surface area contributed by atoms with Crippen molar-refractivity contribution in [2.45, 2.75) is 70.8 Å². The molecule has 4 saturated carbocycles. The average Bonchev–Trinajstić information content (AvgIpc) is 2.84. The van der Waals surface area contributed by atoms with Crippen LogP contribution in [0.25, 0.3) is 0 Å². The number of aliphatic hydroxyl groups excluding tert-OH is 1. The Kier molecular flexibility index (Phi) is 3.63. The lowest BCUT2D eigenvalue weighted by Crippen LogP contribution is -2.54. The molecule has 0 spiro atoms. The van der Waals surface area contributed by atoms with Crippen molar-refractivity contribution in [2.75, 3.05) is 0 Å². The third-order valence-electron chi connectivity index (χ3n) is 8.37. The molecule has 2 heteroatoms. The first-order valence-corrected chi connectivity index (χ1v) is 9.58. The Morgan fingerprint density at radius 2 is 2.00 bits per heavy atom. The number of allylic oxidation sites excluding steroid dienone is 1. The quantitative estimate of drug-likeness (QED) is 0.733. The van der Waals surface area contributed by atoms with Gasteiger partial charge < -0.3 is 5.11 Å². The van der Waals surface area contributed by atoms with Gasteiger partial charge in [0.2, 0.25) is 0 Å². The van der Waals surface area contributed by atoms with E-state index in [2.05, 4.69) is 25.3 Å². The van der Waals surface area contributed by atoms with Gasteiger partial charge in [-0.15, -0.1) is 5.73 Å². The first kappa shape index (κ1) is 15.7. The first-order chi connectivity index (χ1) is 11.0. The van der Waals surface area contributed by atoms with Gasteiger partial charge in [0, 0.05) is 18.3 Å². The summed E-state index contributed by atoms with van der Waals surface area (Å²) >= 11 is 0. The van der Waals surface area contributed by atoms with Crippen molar-refractivity contribution < 1.29 is 9.90 Å². The molecule has 1 N–H and O–H groups in total. The van der Waals surface area contributed by atoms with Gasteiger partial charge in [0.05, 0.1) is 6.10 Å². The predicted octanol–water partition coefficient (Wildman–Crippen LogP) is 4.28. The van der Waals surface area contributed by atoms with Crippen molar-refractivity contribution in [1.29, 1.82) is 0 Å². The van der Waals surface area contributed by atoms with E-state index in [-0.39, 0.29) is 16.9 Å². The van der Waals surface area contributed by atoms with Crippen molar-refractivity contribution >= 4 is 5.78 Å². The normalized spacial score (nSPS) is 52.1. The molecule has 0 bridgehead atoms. The molecule has 4 aliphatic carbocycles. The zero-order chi connectivity index (χ0) is 16.2. The number of aliphatic hydroxyl groups is 1. The van der Waals surface area contributed by atoms with E-state index < -0.39 is 0 Å². The summed E-state index contributed by atoms with van der Waals surface area (Å²) in [5.41, 5.74) is 3.41. The summed E-state index contributed by atoms with van der Waals surface area (Å²) in [5, 5.41) is 10.5. The minimum atomic E-state index is -0.106. The third kappa shape index (κ3) is 2.07. The highest BCUT2D eigenvalue weighted by molar-refractivity contribution is 5.79. The van der Waals surface area contributed by atoms with Gasteiger partial charge in [-0.05, 0) is 80.1 Å². The molecule has 0 aliphatic heterocycles. The Morgan fingerprint density at radius 1 is 1.17 bits per heavy atom. The van der Waals surface area contributed by atoms with Crippen LogP contribution in [0.5, 0.6) is 0 Å². The van der Waals surface area contributed by atoms with Crippen LogP contribution in [0.3, 0.4) is 0 Å². The largest absolute Gasteiger partial charge is 0.393 e. The zero-order valence-corrected chi connectivity index (χ0v) is 14.4. The maximum absolute atomic E-state index is 12.0. The van der Waals surface area contributed by atoms with Crippen LogP contribution in [-0.2, 0) is 4.79 Å². The van der Waals surface area contributed by atoms with Gasteiger partial charge >= 0.3 is 0 Å². The predicted molar refractivity (Wildman–Crippen MR) is 90.8 cm³/mol. The van der Waals surface area contributed by atoms with Gasteiger partial charge in [-0.25, -0.2) is 0 Å². The third-order valence-corrected chi connectivity index (χ3v) is 8.37. The minimum Gasteiger partial charge on any atom is -0.393 e. The molecular weight excluding hydrogens is 284 g/mol. The van der Waals surface area contributed by atoms with Crippen LogP contribution in [-0.4, -0.2) is 17.0 Å². The molecule has 0 amide bonds. The second-order valence-corrected chi connectivity index (χ2v) is 8.99. The maximum atomic E-state index is 12.0. The molecule has 0 radical (unpaired) electrons. The summed E-state index contributed by atoms with van der Waals surface area (Å²) in [6, 6.07) is 0. The topological polar surface area (TPSA) is 37.3 Å². The number of ketones is 1. The second-order valence-electron chi connectivity index (χ2n) is 8.99. The van der Waals surface area contributed by atoms with Crippen molar-refractivity contribution in [2.24, 2.45) is 34.5 Å². The number of Topliss-reactive ketones (excluding diaryl/α,β-unsaturated/α-hetero) is 1. The lowest BCUT2D eigenvalue weighted by molar-refractivity contribution is -0.136. The molecule has 0 aromatic carbocycles. The van der Waals surface area contributed by atoms with E-state index in [4.69, 9.17) is 0 Å². The van der Waals surface area contributed by atoms with Crippen LogP contribution in [0.2, 0.25) is 0 Å². The zero-order valence-electron chi connectivity index (χ0n) is 14.4. The van der Waals surface area contributed by atoms with Crippen LogP contribution in [0, 0.1) is 34.5 Å². The molecular formula is C21H30O2. The number of carbonyl (C=O) groups excluding carboxylic acids is 1. The Balaban J connectivity index is 1.71. The average molecular weight is 314 g/mol. The van der Waals surface area contributed by atoms with E-state index in [1.165, 1.54) is 25.7 Å². The van der Waals surface area contributed by atoms with E-state index in [0.717, 1.165) is 38.0 Å². The fourth-order valence-corrected chi connectivity index (χ4v) is 7.20.